The van der Waals surface area contributed by atoms with E-state index in [9.17, 15) is 22.4 Å². The van der Waals surface area contributed by atoms with Crippen LogP contribution in [0.5, 0.6) is 5.75 Å². The standard InChI is InChI=1S/C16H12F4O3.C2H6/c1-11-7-5-6-10-13(11)14(21)23-16(19,20)15(17,18)22-12-8-3-2-4-9-12;1-2/h2-10H,1H3;1-2H3. The number of hydrogen-bond donors (Lipinski definition) is 0. The predicted octanol–water partition coefficient (Wildman–Crippen LogP) is 5.44. The van der Waals surface area contributed by atoms with Crippen LogP contribution in [0.1, 0.15) is 29.8 Å². The van der Waals surface area contributed by atoms with E-state index in [1.807, 2.05) is 13.8 Å². The first-order valence-electron chi connectivity index (χ1n) is 7.51. The smallest absolute Gasteiger partial charge is 0.425 e. The molecule has 3 nitrogen and oxygen atoms in total. The fourth-order valence-corrected chi connectivity index (χ4v) is 1.73. The molecule has 0 atom stereocenters. The van der Waals surface area contributed by atoms with Gasteiger partial charge in [-0.2, -0.15) is 17.6 Å². The number of alkyl halides is 4. The van der Waals surface area contributed by atoms with Gasteiger partial charge in [-0.15, -0.1) is 0 Å². The van der Waals surface area contributed by atoms with E-state index < -0.39 is 23.9 Å². The summed E-state index contributed by atoms with van der Waals surface area (Å²) in [4.78, 5) is 11.7. The molecule has 0 spiro atoms. The molecule has 0 radical (unpaired) electrons. The molecule has 0 fully saturated rings. The summed E-state index contributed by atoms with van der Waals surface area (Å²) in [7, 11) is 0. The highest BCUT2D eigenvalue weighted by Gasteiger charge is 2.64. The molecule has 136 valence electrons. The molecule has 2 aromatic carbocycles. The number of benzene rings is 2. The van der Waals surface area contributed by atoms with Crippen LogP contribution < -0.4 is 4.74 Å². The van der Waals surface area contributed by atoms with Gasteiger partial charge in [0.1, 0.15) is 5.75 Å². The number of halogens is 4. The first kappa shape index (κ1) is 20.5. The number of esters is 1. The molecule has 7 heteroatoms. The maximum absolute atomic E-state index is 13.6. The van der Waals surface area contributed by atoms with Crippen molar-refractivity contribution in [3.05, 3.63) is 65.7 Å². The predicted molar refractivity (Wildman–Crippen MR) is 84.9 cm³/mol. The van der Waals surface area contributed by atoms with Crippen molar-refractivity contribution in [1.82, 2.24) is 0 Å². The van der Waals surface area contributed by atoms with Crippen LogP contribution in [0.15, 0.2) is 54.6 Å². The molecule has 0 unspecified atom stereocenters. The van der Waals surface area contributed by atoms with Crippen LogP contribution in [0.4, 0.5) is 17.6 Å². The molecule has 0 aromatic heterocycles. The second-order valence-electron chi connectivity index (χ2n) is 4.65. The third kappa shape index (κ3) is 5.20. The first-order chi connectivity index (χ1) is 11.7. The van der Waals surface area contributed by atoms with Gasteiger partial charge in [0.15, 0.2) is 0 Å². The lowest BCUT2D eigenvalue weighted by molar-refractivity contribution is -0.388. The van der Waals surface area contributed by atoms with Gasteiger partial charge < -0.3 is 9.47 Å². The molecule has 2 aromatic rings. The molecule has 0 heterocycles. The number of aryl methyl sites for hydroxylation is 1. The normalized spacial score (nSPS) is 11.2. The zero-order valence-electron chi connectivity index (χ0n) is 13.9. The SMILES string of the molecule is CC.Cc1ccccc1C(=O)OC(F)(F)C(F)(F)Oc1ccccc1. The van der Waals surface area contributed by atoms with Crippen LogP contribution >= 0.6 is 0 Å². The summed E-state index contributed by atoms with van der Waals surface area (Å²) in [5.74, 6) is -2.05. The quantitative estimate of drug-likeness (QED) is 0.527. The molecule has 0 bridgehead atoms. The highest BCUT2D eigenvalue weighted by atomic mass is 19.3. The zero-order chi connectivity index (χ0) is 19.1. The summed E-state index contributed by atoms with van der Waals surface area (Å²) in [5.41, 5.74) is 0.0864. The fourth-order valence-electron chi connectivity index (χ4n) is 1.73. The number of para-hydroxylation sites is 1. The van der Waals surface area contributed by atoms with E-state index in [0.29, 0.717) is 5.56 Å². The lowest BCUT2D eigenvalue weighted by Crippen LogP contribution is -2.48. The Hall–Kier alpha value is -2.57. The molecular weight excluding hydrogens is 340 g/mol. The van der Waals surface area contributed by atoms with Crippen molar-refractivity contribution in [3.63, 3.8) is 0 Å². The Morgan fingerprint density at radius 1 is 0.840 bits per heavy atom. The summed E-state index contributed by atoms with van der Waals surface area (Å²) in [6.45, 7) is 5.47. The molecule has 0 aliphatic heterocycles. The van der Waals surface area contributed by atoms with E-state index in [-0.39, 0.29) is 5.56 Å². The Morgan fingerprint density at radius 3 is 1.92 bits per heavy atom. The van der Waals surface area contributed by atoms with Gasteiger partial charge >= 0.3 is 18.2 Å². The monoisotopic (exact) mass is 358 g/mol. The van der Waals surface area contributed by atoms with Crippen LogP contribution in [-0.2, 0) is 4.74 Å². The van der Waals surface area contributed by atoms with Crippen molar-refractivity contribution in [2.45, 2.75) is 33.0 Å². The number of hydrogen-bond acceptors (Lipinski definition) is 3. The largest absolute Gasteiger partial charge is 0.509 e. The van der Waals surface area contributed by atoms with Crippen LogP contribution in [0.2, 0.25) is 0 Å². The summed E-state index contributed by atoms with van der Waals surface area (Å²) < 4.78 is 62.2. The van der Waals surface area contributed by atoms with Gasteiger partial charge in [-0.25, -0.2) is 4.79 Å². The van der Waals surface area contributed by atoms with Crippen LogP contribution in [0.25, 0.3) is 0 Å². The van der Waals surface area contributed by atoms with Gasteiger partial charge in [-0.1, -0.05) is 50.2 Å². The van der Waals surface area contributed by atoms with E-state index in [1.165, 1.54) is 43.3 Å². The molecule has 0 aliphatic carbocycles. The summed E-state index contributed by atoms with van der Waals surface area (Å²) >= 11 is 0. The van der Waals surface area contributed by atoms with Crippen molar-refractivity contribution < 1.29 is 31.8 Å². The molecule has 25 heavy (non-hydrogen) atoms. The molecule has 0 saturated carbocycles. The minimum Gasteiger partial charge on any atom is -0.425 e. The van der Waals surface area contributed by atoms with E-state index in [0.717, 1.165) is 12.1 Å². The Kier molecular flexibility index (Phi) is 6.97. The number of carbonyl (C=O) groups is 1. The van der Waals surface area contributed by atoms with Crippen molar-refractivity contribution in [2.75, 3.05) is 0 Å². The Balaban J connectivity index is 0.00000151. The fraction of sp³-hybridized carbons (Fsp3) is 0.278. The second-order valence-corrected chi connectivity index (χ2v) is 4.65. The number of ether oxygens (including phenoxy) is 2. The van der Waals surface area contributed by atoms with Crippen molar-refractivity contribution in [2.24, 2.45) is 0 Å². The van der Waals surface area contributed by atoms with Crippen molar-refractivity contribution >= 4 is 5.97 Å². The Morgan fingerprint density at radius 2 is 1.36 bits per heavy atom. The van der Waals surface area contributed by atoms with E-state index in [4.69, 9.17) is 0 Å². The van der Waals surface area contributed by atoms with Crippen LogP contribution in [0.3, 0.4) is 0 Å². The van der Waals surface area contributed by atoms with Crippen LogP contribution in [-0.4, -0.2) is 18.2 Å². The number of carbonyl (C=O) groups excluding carboxylic acids is 1. The summed E-state index contributed by atoms with van der Waals surface area (Å²) in [6, 6.07) is 12.0. The van der Waals surface area contributed by atoms with Gasteiger partial charge in [-0.3, -0.25) is 0 Å². The van der Waals surface area contributed by atoms with E-state index in [2.05, 4.69) is 9.47 Å². The average molecular weight is 358 g/mol. The molecular formula is C18H18F4O3. The van der Waals surface area contributed by atoms with Crippen molar-refractivity contribution in [1.29, 1.82) is 0 Å². The molecule has 0 saturated heterocycles. The van der Waals surface area contributed by atoms with Gasteiger partial charge in [0.2, 0.25) is 0 Å². The lowest BCUT2D eigenvalue weighted by atomic mass is 10.1. The van der Waals surface area contributed by atoms with Gasteiger partial charge in [0.25, 0.3) is 0 Å². The molecule has 0 aliphatic rings. The van der Waals surface area contributed by atoms with E-state index >= 15 is 0 Å². The molecule has 0 N–H and O–H groups in total. The highest BCUT2D eigenvalue weighted by molar-refractivity contribution is 5.91. The topological polar surface area (TPSA) is 35.5 Å². The van der Waals surface area contributed by atoms with E-state index in [1.54, 1.807) is 6.07 Å². The van der Waals surface area contributed by atoms with Crippen LogP contribution in [0, 0.1) is 6.92 Å². The van der Waals surface area contributed by atoms with Gasteiger partial charge in [-0.05, 0) is 30.7 Å². The average Bonchev–Trinajstić information content (AvgIpc) is 2.57. The summed E-state index contributed by atoms with van der Waals surface area (Å²) in [5, 5.41) is 0. The summed E-state index contributed by atoms with van der Waals surface area (Å²) in [6.07, 6.45) is -10.2. The number of rotatable bonds is 5. The minimum absolute atomic E-state index is 0.234. The van der Waals surface area contributed by atoms with Crippen molar-refractivity contribution in [3.8, 4) is 5.75 Å². The lowest BCUT2D eigenvalue weighted by Gasteiger charge is -2.25. The molecule has 0 amide bonds. The van der Waals surface area contributed by atoms with Gasteiger partial charge in [0.05, 0.1) is 5.56 Å². The highest BCUT2D eigenvalue weighted by Crippen LogP contribution is 2.37. The molecule has 2 rings (SSSR count). The maximum Gasteiger partial charge on any atom is 0.509 e. The second kappa shape index (κ2) is 8.50. The third-order valence-corrected chi connectivity index (χ3v) is 2.91. The first-order valence-corrected chi connectivity index (χ1v) is 7.51. The Bertz CT molecular complexity index is 688. The third-order valence-electron chi connectivity index (χ3n) is 2.91. The maximum atomic E-state index is 13.6. The Labute approximate surface area is 143 Å². The zero-order valence-corrected chi connectivity index (χ0v) is 13.9. The minimum atomic E-state index is -5.14. The van der Waals surface area contributed by atoms with Gasteiger partial charge in [0, 0.05) is 0 Å².